The summed E-state index contributed by atoms with van der Waals surface area (Å²) in [6, 6.07) is 0. The predicted octanol–water partition coefficient (Wildman–Crippen LogP) is -3.13. The molecule has 0 saturated heterocycles. The average Bonchev–Trinajstić information content (AvgIpc) is 1.63. The van der Waals surface area contributed by atoms with E-state index in [9.17, 15) is 15.0 Å². The number of hydrogen-bond acceptors (Lipinski definition) is 5. The Kier molecular flexibility index (Phi) is 7.40. The number of rotatable bonds is 3. The minimum absolute atomic E-state index is 0. The van der Waals surface area contributed by atoms with Crippen LogP contribution in [0.3, 0.4) is 0 Å². The van der Waals surface area contributed by atoms with Gasteiger partial charge in [0.15, 0.2) is 0 Å². The average molecular weight is 190 g/mol. The first kappa shape index (κ1) is 11.9. The molecule has 0 aromatic heterocycles. The maximum atomic E-state index is 9.81. The zero-order valence-electron chi connectivity index (χ0n) is 4.83. The maximum Gasteiger partial charge on any atom is 2.00 e. The Hall–Kier alpha value is -0.884. The van der Waals surface area contributed by atoms with E-state index in [4.69, 9.17) is 0 Å². The SMILES string of the molecule is N/C([O-])=C\OCC(=O)[O-].[Co+2]. The van der Waals surface area contributed by atoms with E-state index < -0.39 is 18.5 Å². The number of carboxylic acids is 1. The van der Waals surface area contributed by atoms with E-state index in [1.165, 1.54) is 0 Å². The number of nitrogens with two attached hydrogens (primary N) is 1. The molecule has 0 aromatic rings. The minimum Gasteiger partial charge on any atom is -0.858 e. The van der Waals surface area contributed by atoms with Gasteiger partial charge in [-0.05, 0) is 5.88 Å². The van der Waals surface area contributed by atoms with Crippen molar-refractivity contribution in [1.29, 1.82) is 0 Å². The Morgan fingerprint density at radius 3 is 2.40 bits per heavy atom. The molecule has 5 nitrogen and oxygen atoms in total. The molecular weight excluding hydrogens is 185 g/mol. The second-order valence-corrected chi connectivity index (χ2v) is 1.20. The third-order valence-electron chi connectivity index (χ3n) is 0.401. The summed E-state index contributed by atoms with van der Waals surface area (Å²) in [5.74, 6) is -2.22. The van der Waals surface area contributed by atoms with Crippen LogP contribution in [0.5, 0.6) is 0 Å². The molecule has 0 aliphatic heterocycles. The van der Waals surface area contributed by atoms with Crippen molar-refractivity contribution in [2.75, 3.05) is 6.61 Å². The largest absolute Gasteiger partial charge is 2.00 e. The Morgan fingerprint density at radius 2 is 2.10 bits per heavy atom. The van der Waals surface area contributed by atoms with E-state index in [1.54, 1.807) is 0 Å². The van der Waals surface area contributed by atoms with Crippen molar-refractivity contribution in [3.8, 4) is 0 Å². The molecule has 0 aromatic carbocycles. The van der Waals surface area contributed by atoms with Crippen LogP contribution in [0.1, 0.15) is 0 Å². The summed E-state index contributed by atoms with van der Waals surface area (Å²) < 4.78 is 4.09. The summed E-state index contributed by atoms with van der Waals surface area (Å²) in [6.45, 7) is -0.650. The van der Waals surface area contributed by atoms with E-state index >= 15 is 0 Å². The summed E-state index contributed by atoms with van der Waals surface area (Å²) >= 11 is 0. The molecule has 0 rings (SSSR count). The van der Waals surface area contributed by atoms with E-state index in [1.807, 2.05) is 0 Å². The van der Waals surface area contributed by atoms with Crippen LogP contribution in [0.25, 0.3) is 0 Å². The summed E-state index contributed by atoms with van der Waals surface area (Å²) in [5.41, 5.74) is 4.55. The Balaban J connectivity index is 0. The first-order valence-corrected chi connectivity index (χ1v) is 2.07. The van der Waals surface area contributed by atoms with Crippen molar-refractivity contribution in [3.05, 3.63) is 12.1 Å². The van der Waals surface area contributed by atoms with E-state index in [0.717, 1.165) is 0 Å². The fraction of sp³-hybridized carbons (Fsp3) is 0.250. The molecule has 0 heterocycles. The Morgan fingerprint density at radius 1 is 1.60 bits per heavy atom. The zero-order valence-corrected chi connectivity index (χ0v) is 5.87. The Labute approximate surface area is 67.7 Å². The molecule has 59 valence electrons. The smallest absolute Gasteiger partial charge is 0.858 e. The van der Waals surface area contributed by atoms with Crippen LogP contribution in [0.2, 0.25) is 0 Å². The van der Waals surface area contributed by atoms with E-state index in [2.05, 4.69) is 10.5 Å². The topological polar surface area (TPSA) is 98.4 Å². The van der Waals surface area contributed by atoms with E-state index in [-0.39, 0.29) is 16.8 Å². The zero-order chi connectivity index (χ0) is 7.28. The number of hydrogen-bond donors (Lipinski definition) is 1. The molecule has 10 heavy (non-hydrogen) atoms. The van der Waals surface area contributed by atoms with Gasteiger partial charge in [0.2, 0.25) is 0 Å². The number of aliphatic carboxylic acids is 1. The van der Waals surface area contributed by atoms with E-state index in [0.29, 0.717) is 6.26 Å². The molecular formula is C4H5CoNO4. The fourth-order valence-corrected chi connectivity index (χ4v) is 0.192. The van der Waals surface area contributed by atoms with Crippen molar-refractivity contribution in [2.45, 2.75) is 0 Å². The van der Waals surface area contributed by atoms with Gasteiger partial charge in [0, 0.05) is 0 Å². The molecule has 6 heteroatoms. The summed E-state index contributed by atoms with van der Waals surface area (Å²) in [7, 11) is 0. The monoisotopic (exact) mass is 190 g/mol. The van der Waals surface area contributed by atoms with Gasteiger partial charge in [-0.1, -0.05) is 0 Å². The van der Waals surface area contributed by atoms with Crippen molar-refractivity contribution in [3.63, 3.8) is 0 Å². The third-order valence-corrected chi connectivity index (χ3v) is 0.401. The number of carbonyl (C=O) groups excluding carboxylic acids is 1. The molecule has 0 atom stereocenters. The molecule has 0 aliphatic rings. The second kappa shape index (κ2) is 6.24. The molecule has 0 aliphatic carbocycles. The number of carboxylic acid groups (broad SMARTS) is 1. The minimum atomic E-state index is -1.40. The van der Waals surface area contributed by atoms with Gasteiger partial charge in [-0.2, -0.15) is 0 Å². The molecule has 1 radical (unpaired) electrons. The van der Waals surface area contributed by atoms with Gasteiger partial charge in [-0.3, -0.25) is 0 Å². The molecule has 0 fully saturated rings. The van der Waals surface area contributed by atoms with Gasteiger partial charge in [0.25, 0.3) is 0 Å². The first-order valence-electron chi connectivity index (χ1n) is 2.07. The van der Waals surface area contributed by atoms with Gasteiger partial charge in [0.05, 0.1) is 12.2 Å². The van der Waals surface area contributed by atoms with Crippen molar-refractivity contribution >= 4 is 5.97 Å². The van der Waals surface area contributed by atoms with Crippen molar-refractivity contribution in [1.82, 2.24) is 0 Å². The summed E-state index contributed by atoms with van der Waals surface area (Å²) in [6.07, 6.45) is 0.607. The molecule has 2 N–H and O–H groups in total. The molecule has 0 spiro atoms. The number of carbonyl (C=O) groups is 1. The third kappa shape index (κ3) is 10.2. The van der Waals surface area contributed by atoms with Crippen molar-refractivity contribution in [2.24, 2.45) is 5.73 Å². The normalized spacial score (nSPS) is 9.80. The van der Waals surface area contributed by atoms with Gasteiger partial charge in [-0.25, -0.2) is 0 Å². The second-order valence-electron chi connectivity index (χ2n) is 1.20. The molecule has 0 saturated carbocycles. The molecule has 0 unspecified atom stereocenters. The van der Waals surface area contributed by atoms with Crippen LogP contribution in [0, 0.1) is 0 Å². The maximum absolute atomic E-state index is 9.81. The number of ether oxygens (including phenoxy) is 1. The van der Waals surface area contributed by atoms with Gasteiger partial charge in [0.1, 0.15) is 6.61 Å². The standard InChI is InChI=1S/C4H7NO4.Co/c5-3(6)1-9-2-4(7)8;/h1,6H,2,5H2,(H,7,8);/q;+2/p-2/b3-1+;. The summed E-state index contributed by atoms with van der Waals surface area (Å²) in [5, 5.41) is 19.4. The first-order chi connectivity index (χ1) is 4.13. The summed E-state index contributed by atoms with van der Waals surface area (Å²) in [4.78, 5) is 9.57. The van der Waals surface area contributed by atoms with Crippen LogP contribution in [0.4, 0.5) is 0 Å². The predicted molar refractivity (Wildman–Crippen MR) is 23.2 cm³/mol. The van der Waals surface area contributed by atoms with Gasteiger partial charge < -0.3 is 25.5 Å². The van der Waals surface area contributed by atoms with Crippen LogP contribution >= 0.6 is 0 Å². The van der Waals surface area contributed by atoms with Crippen LogP contribution < -0.4 is 15.9 Å². The van der Waals surface area contributed by atoms with Crippen molar-refractivity contribution < 1.29 is 36.5 Å². The van der Waals surface area contributed by atoms with Crippen LogP contribution in [-0.4, -0.2) is 12.6 Å². The fourth-order valence-electron chi connectivity index (χ4n) is 0.192. The van der Waals surface area contributed by atoms with Crippen LogP contribution in [0.15, 0.2) is 12.1 Å². The molecule has 0 amide bonds. The van der Waals surface area contributed by atoms with Gasteiger partial charge >= 0.3 is 16.8 Å². The Bertz CT molecular complexity index is 131. The van der Waals surface area contributed by atoms with Crippen LogP contribution in [-0.2, 0) is 26.3 Å². The molecule has 0 bridgehead atoms. The van der Waals surface area contributed by atoms with Gasteiger partial charge in [-0.15, -0.1) is 0 Å². The quantitative estimate of drug-likeness (QED) is 0.474.